The largest absolute Gasteiger partial charge is 0.357 e. The summed E-state index contributed by atoms with van der Waals surface area (Å²) in [5, 5.41) is 2.85. The Labute approximate surface area is 144 Å². The maximum Gasteiger partial charge on any atom is 0.254 e. The van der Waals surface area contributed by atoms with Crippen LogP contribution >= 0.6 is 11.6 Å². The Morgan fingerprint density at radius 1 is 1.35 bits per heavy atom. The zero-order valence-electron chi connectivity index (χ0n) is 14.3. The average Bonchev–Trinajstić information content (AvgIpc) is 3.06. The van der Waals surface area contributed by atoms with Gasteiger partial charge in [-0.3, -0.25) is 9.79 Å². The molecule has 1 amide bonds. The van der Waals surface area contributed by atoms with Crippen LogP contribution in [-0.4, -0.2) is 55.4 Å². The normalized spacial score (nSPS) is 17.2. The lowest BCUT2D eigenvalue weighted by atomic mass is 10.2. The summed E-state index contributed by atoms with van der Waals surface area (Å²) in [4.78, 5) is 23.2. The van der Waals surface area contributed by atoms with E-state index in [4.69, 9.17) is 11.6 Å². The summed E-state index contributed by atoms with van der Waals surface area (Å²) in [7, 11) is 1.65. The van der Waals surface area contributed by atoms with Crippen molar-refractivity contribution in [2.75, 3.05) is 32.6 Å². The van der Waals surface area contributed by atoms with Gasteiger partial charge in [0, 0.05) is 38.8 Å². The lowest BCUT2D eigenvalue weighted by Crippen LogP contribution is -2.28. The van der Waals surface area contributed by atoms with Crippen LogP contribution < -0.4 is 5.32 Å². The summed E-state index contributed by atoms with van der Waals surface area (Å²) < 4.78 is 0. The predicted octanol–water partition coefficient (Wildman–Crippen LogP) is 2.78. The molecule has 1 heterocycles. The second-order valence-corrected chi connectivity index (χ2v) is 5.73. The molecule has 1 aliphatic heterocycles. The minimum Gasteiger partial charge on any atom is -0.357 e. The Balaban J connectivity index is 3.02. The van der Waals surface area contributed by atoms with Gasteiger partial charge in [0.1, 0.15) is 5.84 Å². The maximum atomic E-state index is 12.3. The van der Waals surface area contributed by atoms with Gasteiger partial charge in [-0.15, -0.1) is 11.6 Å². The average molecular weight is 339 g/mol. The van der Waals surface area contributed by atoms with Gasteiger partial charge in [-0.2, -0.15) is 0 Å². The molecular weight excluding hydrogens is 312 g/mol. The molecular formula is C17H27ClN4O. The highest BCUT2D eigenvalue weighted by molar-refractivity contribution is 6.17. The van der Waals surface area contributed by atoms with Crippen molar-refractivity contribution in [1.29, 1.82) is 0 Å². The number of nitrogens with zero attached hydrogens (tertiary/aromatic N) is 3. The monoisotopic (exact) mass is 338 g/mol. The summed E-state index contributed by atoms with van der Waals surface area (Å²) in [5.41, 5.74) is 1.15. The van der Waals surface area contributed by atoms with Gasteiger partial charge >= 0.3 is 0 Å². The summed E-state index contributed by atoms with van der Waals surface area (Å²) in [5.74, 6) is 1.26. The number of allylic oxidation sites excluding steroid dienone is 2. The molecule has 0 bridgehead atoms. The molecule has 0 aromatic rings. The highest BCUT2D eigenvalue weighted by Crippen LogP contribution is 2.12. The number of likely N-dealkylation sites (tertiary alicyclic amines) is 1. The van der Waals surface area contributed by atoms with Crippen molar-refractivity contribution >= 4 is 29.6 Å². The number of amidine groups is 1. The number of hydrogen-bond donors (Lipinski definition) is 1. The fourth-order valence-corrected chi connectivity index (χ4v) is 2.48. The van der Waals surface area contributed by atoms with Gasteiger partial charge in [0.05, 0.1) is 11.3 Å². The zero-order valence-corrected chi connectivity index (χ0v) is 15.1. The van der Waals surface area contributed by atoms with E-state index < -0.39 is 0 Å². The number of carbonyl (C=O) groups is 1. The summed E-state index contributed by atoms with van der Waals surface area (Å²) in [6.45, 7) is 6.38. The van der Waals surface area contributed by atoms with Crippen LogP contribution in [0.1, 0.15) is 33.1 Å². The third-order valence-corrected chi connectivity index (χ3v) is 3.78. The minimum atomic E-state index is -0.164. The molecule has 1 fully saturated rings. The number of carbonyl (C=O) groups excluding carboxylic acids is 1. The van der Waals surface area contributed by atoms with E-state index in [9.17, 15) is 4.79 Å². The maximum absolute atomic E-state index is 12.3. The predicted molar refractivity (Wildman–Crippen MR) is 98.5 cm³/mol. The van der Waals surface area contributed by atoms with Crippen LogP contribution in [0.5, 0.6) is 0 Å². The number of nitrogens with one attached hydrogen (secondary N) is 1. The molecule has 1 saturated heterocycles. The van der Waals surface area contributed by atoms with E-state index in [0.29, 0.717) is 23.7 Å². The molecule has 1 aliphatic rings. The second-order valence-electron chi connectivity index (χ2n) is 5.35. The second kappa shape index (κ2) is 11.0. The van der Waals surface area contributed by atoms with Gasteiger partial charge in [0.2, 0.25) is 0 Å². The Morgan fingerprint density at radius 2 is 2.04 bits per heavy atom. The molecule has 0 spiro atoms. The molecule has 0 aromatic carbocycles. The van der Waals surface area contributed by atoms with Crippen molar-refractivity contribution < 1.29 is 4.79 Å². The van der Waals surface area contributed by atoms with Gasteiger partial charge in [-0.25, -0.2) is 4.99 Å². The van der Waals surface area contributed by atoms with Crippen LogP contribution in [-0.2, 0) is 4.79 Å². The standard InChI is InChI=1S/C17H27ClN4O/c1-4-8-16(22-11-5-6-12-22)21-14(2)15(13-19-3)17(23)20-10-7-9-18/h4,8,13H,5-7,9-12H2,1-3H3,(H,20,23)/b8-4-,15-14-,19-13-,21-16+. The Morgan fingerprint density at radius 3 is 2.61 bits per heavy atom. The quantitative estimate of drug-likeness (QED) is 0.255. The van der Waals surface area contributed by atoms with Crippen LogP contribution in [0.3, 0.4) is 0 Å². The molecule has 0 saturated carbocycles. The summed E-state index contributed by atoms with van der Waals surface area (Å²) in [6.07, 6.45) is 8.62. The van der Waals surface area contributed by atoms with E-state index in [2.05, 4.69) is 20.2 Å². The van der Waals surface area contributed by atoms with E-state index in [-0.39, 0.29) is 5.91 Å². The smallest absolute Gasteiger partial charge is 0.254 e. The van der Waals surface area contributed by atoms with Crippen molar-refractivity contribution in [3.8, 4) is 0 Å². The topological polar surface area (TPSA) is 57.1 Å². The molecule has 0 atom stereocenters. The highest BCUT2D eigenvalue weighted by atomic mass is 35.5. The lowest BCUT2D eigenvalue weighted by molar-refractivity contribution is -0.117. The van der Waals surface area contributed by atoms with Crippen LogP contribution in [0.2, 0.25) is 0 Å². The number of rotatable bonds is 7. The van der Waals surface area contributed by atoms with Crippen molar-refractivity contribution in [3.05, 3.63) is 23.4 Å². The first-order valence-electron chi connectivity index (χ1n) is 8.07. The van der Waals surface area contributed by atoms with E-state index >= 15 is 0 Å². The minimum absolute atomic E-state index is 0.164. The molecule has 23 heavy (non-hydrogen) atoms. The molecule has 0 aromatic heterocycles. The van der Waals surface area contributed by atoms with E-state index in [1.54, 1.807) is 13.3 Å². The summed E-state index contributed by atoms with van der Waals surface area (Å²) >= 11 is 5.64. The van der Waals surface area contributed by atoms with Crippen LogP contribution in [0, 0.1) is 0 Å². The van der Waals surface area contributed by atoms with Gasteiger partial charge in [0.15, 0.2) is 0 Å². The molecule has 0 unspecified atom stereocenters. The van der Waals surface area contributed by atoms with Gasteiger partial charge in [-0.05, 0) is 39.2 Å². The van der Waals surface area contributed by atoms with Crippen molar-refractivity contribution in [1.82, 2.24) is 10.2 Å². The van der Waals surface area contributed by atoms with Crippen LogP contribution in [0.15, 0.2) is 33.4 Å². The first kappa shape index (κ1) is 19.4. The SMILES string of the molecule is C\C=C/C(=N\C(C)=C(\C=N/C)C(=O)NCCCCl)N1CCCC1. The fraction of sp³-hybridized carbons (Fsp3) is 0.588. The molecule has 6 heteroatoms. The molecule has 1 rings (SSSR count). The third kappa shape index (κ3) is 6.57. The third-order valence-electron chi connectivity index (χ3n) is 3.52. The van der Waals surface area contributed by atoms with Crippen LogP contribution in [0.25, 0.3) is 0 Å². The van der Waals surface area contributed by atoms with E-state index in [0.717, 1.165) is 25.3 Å². The molecule has 0 radical (unpaired) electrons. The van der Waals surface area contributed by atoms with Crippen LogP contribution in [0.4, 0.5) is 0 Å². The number of amides is 1. The number of hydrogen-bond acceptors (Lipinski definition) is 3. The first-order chi connectivity index (χ1) is 11.1. The van der Waals surface area contributed by atoms with Gasteiger partial charge < -0.3 is 10.2 Å². The molecule has 0 aliphatic carbocycles. The Kier molecular flexibility index (Phi) is 9.29. The Bertz CT molecular complexity index is 503. The Hall–Kier alpha value is -1.62. The van der Waals surface area contributed by atoms with Gasteiger partial charge in [0.25, 0.3) is 5.91 Å². The number of aliphatic imine (C=N–C) groups is 2. The summed E-state index contributed by atoms with van der Waals surface area (Å²) in [6, 6.07) is 0. The number of halogens is 1. The first-order valence-corrected chi connectivity index (χ1v) is 8.61. The lowest BCUT2D eigenvalue weighted by Gasteiger charge is -2.18. The molecule has 5 nitrogen and oxygen atoms in total. The van der Waals surface area contributed by atoms with E-state index in [1.807, 2.05) is 26.0 Å². The van der Waals surface area contributed by atoms with Gasteiger partial charge in [-0.1, -0.05) is 6.08 Å². The van der Waals surface area contributed by atoms with Crippen molar-refractivity contribution in [2.24, 2.45) is 9.98 Å². The molecule has 128 valence electrons. The highest BCUT2D eigenvalue weighted by Gasteiger charge is 2.16. The zero-order chi connectivity index (χ0) is 17.1. The fourth-order valence-electron chi connectivity index (χ4n) is 2.35. The van der Waals surface area contributed by atoms with Crippen molar-refractivity contribution in [2.45, 2.75) is 33.1 Å². The molecule has 1 N–H and O–H groups in total. The van der Waals surface area contributed by atoms with Crippen molar-refractivity contribution in [3.63, 3.8) is 0 Å². The number of alkyl halides is 1. The van der Waals surface area contributed by atoms with E-state index in [1.165, 1.54) is 12.8 Å².